The third-order valence-electron chi connectivity index (χ3n) is 3.45. The summed E-state index contributed by atoms with van der Waals surface area (Å²) < 4.78 is 0. The molecule has 100 valence electrons. The second-order valence-corrected chi connectivity index (χ2v) is 5.65. The number of nitrogens with zero attached hydrogens (tertiary/aromatic N) is 3. The number of hydrogen-bond acceptors (Lipinski definition) is 6. The number of pyridine rings is 1. The second kappa shape index (κ2) is 5.63. The highest BCUT2D eigenvalue weighted by molar-refractivity contribution is 7.14. The van der Waals surface area contributed by atoms with Crippen molar-refractivity contribution in [3.63, 3.8) is 0 Å². The van der Waals surface area contributed by atoms with Crippen molar-refractivity contribution in [2.75, 3.05) is 25.5 Å². The molecule has 3 rings (SSSR count). The van der Waals surface area contributed by atoms with Gasteiger partial charge in [-0.2, -0.15) is 0 Å². The van der Waals surface area contributed by atoms with Crippen molar-refractivity contribution >= 4 is 17.0 Å². The van der Waals surface area contributed by atoms with Crippen molar-refractivity contribution in [3.05, 3.63) is 23.5 Å². The Morgan fingerprint density at radius 3 is 2.95 bits per heavy atom. The highest BCUT2D eigenvalue weighted by Crippen LogP contribution is 2.34. The van der Waals surface area contributed by atoms with Crippen LogP contribution in [0.4, 0.5) is 5.69 Å². The van der Waals surface area contributed by atoms with Gasteiger partial charge < -0.3 is 10.6 Å². The van der Waals surface area contributed by atoms with Crippen LogP contribution in [0.5, 0.6) is 0 Å². The van der Waals surface area contributed by atoms with Gasteiger partial charge in [-0.1, -0.05) is 11.3 Å². The SMILES string of the molecule is CNc1ccncc1-c1nnc(C2CCNCC2)s1. The van der Waals surface area contributed by atoms with Crippen LogP contribution < -0.4 is 10.6 Å². The van der Waals surface area contributed by atoms with E-state index in [1.165, 1.54) is 0 Å². The van der Waals surface area contributed by atoms with Crippen LogP contribution >= 0.6 is 11.3 Å². The van der Waals surface area contributed by atoms with E-state index in [0.29, 0.717) is 5.92 Å². The summed E-state index contributed by atoms with van der Waals surface area (Å²) in [7, 11) is 1.91. The molecule has 6 heteroatoms. The summed E-state index contributed by atoms with van der Waals surface area (Å²) in [5.41, 5.74) is 2.07. The van der Waals surface area contributed by atoms with E-state index in [-0.39, 0.29) is 0 Å². The Labute approximate surface area is 116 Å². The fourth-order valence-corrected chi connectivity index (χ4v) is 3.40. The first-order chi connectivity index (χ1) is 9.38. The molecule has 5 nitrogen and oxygen atoms in total. The van der Waals surface area contributed by atoms with Gasteiger partial charge in [0.1, 0.15) is 5.01 Å². The molecular formula is C13H17N5S. The standard InChI is InChI=1S/C13H17N5S/c1-14-11-4-7-16-8-10(11)13-18-17-12(19-13)9-2-5-15-6-3-9/h4,7-9,15H,2-3,5-6H2,1H3,(H,14,16). The maximum Gasteiger partial charge on any atom is 0.151 e. The Bertz CT molecular complexity index is 547. The summed E-state index contributed by atoms with van der Waals surface area (Å²) in [6.07, 6.45) is 5.93. The normalized spacial score (nSPS) is 16.5. The van der Waals surface area contributed by atoms with Gasteiger partial charge in [-0.15, -0.1) is 10.2 Å². The molecule has 2 N–H and O–H groups in total. The third-order valence-corrected chi connectivity index (χ3v) is 4.57. The zero-order chi connectivity index (χ0) is 13.1. The Hall–Kier alpha value is -1.53. The van der Waals surface area contributed by atoms with Gasteiger partial charge >= 0.3 is 0 Å². The molecule has 0 atom stereocenters. The van der Waals surface area contributed by atoms with Crippen LogP contribution in [0.25, 0.3) is 10.6 Å². The number of aromatic nitrogens is 3. The van der Waals surface area contributed by atoms with Crippen molar-refractivity contribution in [1.29, 1.82) is 0 Å². The molecule has 0 bridgehead atoms. The molecule has 2 aromatic rings. The highest BCUT2D eigenvalue weighted by Gasteiger charge is 2.20. The van der Waals surface area contributed by atoms with E-state index in [2.05, 4.69) is 25.8 Å². The van der Waals surface area contributed by atoms with Crippen molar-refractivity contribution in [2.24, 2.45) is 0 Å². The molecule has 0 unspecified atom stereocenters. The molecule has 19 heavy (non-hydrogen) atoms. The summed E-state index contributed by atoms with van der Waals surface area (Å²) in [5, 5.41) is 17.4. The van der Waals surface area contributed by atoms with Gasteiger partial charge in [-0.3, -0.25) is 4.98 Å². The predicted molar refractivity (Wildman–Crippen MR) is 77.5 cm³/mol. The van der Waals surface area contributed by atoms with Crippen molar-refractivity contribution in [2.45, 2.75) is 18.8 Å². The van der Waals surface area contributed by atoms with E-state index in [1.807, 2.05) is 19.3 Å². The van der Waals surface area contributed by atoms with Crippen molar-refractivity contribution in [3.8, 4) is 10.6 Å². The summed E-state index contributed by atoms with van der Waals surface area (Å²) in [6.45, 7) is 2.16. The van der Waals surface area contributed by atoms with E-state index in [1.54, 1.807) is 17.5 Å². The van der Waals surface area contributed by atoms with Gasteiger partial charge in [-0.25, -0.2) is 0 Å². The fraction of sp³-hybridized carbons (Fsp3) is 0.462. The monoisotopic (exact) mass is 275 g/mol. The zero-order valence-corrected chi connectivity index (χ0v) is 11.7. The molecule has 0 aromatic carbocycles. The first kappa shape index (κ1) is 12.5. The van der Waals surface area contributed by atoms with Crippen LogP contribution in [0.3, 0.4) is 0 Å². The lowest BCUT2D eigenvalue weighted by Gasteiger charge is -2.19. The maximum absolute atomic E-state index is 4.38. The minimum absolute atomic E-state index is 0.558. The molecule has 0 saturated carbocycles. The van der Waals surface area contributed by atoms with Gasteiger partial charge in [0.15, 0.2) is 5.01 Å². The van der Waals surface area contributed by atoms with Crippen molar-refractivity contribution in [1.82, 2.24) is 20.5 Å². The van der Waals surface area contributed by atoms with E-state index in [0.717, 1.165) is 47.2 Å². The zero-order valence-electron chi connectivity index (χ0n) is 10.9. The lowest BCUT2D eigenvalue weighted by Crippen LogP contribution is -2.26. The first-order valence-corrected chi connectivity index (χ1v) is 7.36. The van der Waals surface area contributed by atoms with Crippen LogP contribution in [0.15, 0.2) is 18.5 Å². The average Bonchev–Trinajstić information content (AvgIpc) is 2.98. The van der Waals surface area contributed by atoms with Crippen molar-refractivity contribution < 1.29 is 0 Å². The topological polar surface area (TPSA) is 62.7 Å². The average molecular weight is 275 g/mol. The van der Waals surface area contributed by atoms with Crippen LogP contribution in [0, 0.1) is 0 Å². The van der Waals surface area contributed by atoms with Gasteiger partial charge in [0.25, 0.3) is 0 Å². The number of piperidine rings is 1. The van der Waals surface area contributed by atoms with E-state index >= 15 is 0 Å². The van der Waals surface area contributed by atoms with Gasteiger partial charge in [-0.05, 0) is 32.0 Å². The number of anilines is 1. The number of hydrogen-bond donors (Lipinski definition) is 2. The first-order valence-electron chi connectivity index (χ1n) is 6.54. The molecule has 3 heterocycles. The Kier molecular flexibility index (Phi) is 3.70. The fourth-order valence-electron chi connectivity index (χ4n) is 2.36. The summed E-state index contributed by atoms with van der Waals surface area (Å²) >= 11 is 1.69. The smallest absolute Gasteiger partial charge is 0.151 e. The molecule has 0 aliphatic carbocycles. The van der Waals surface area contributed by atoms with Gasteiger partial charge in [0.05, 0.1) is 5.56 Å². The minimum atomic E-state index is 0.558. The van der Waals surface area contributed by atoms with E-state index < -0.39 is 0 Å². The molecule has 2 aromatic heterocycles. The molecule has 0 spiro atoms. The van der Waals surface area contributed by atoms with Gasteiger partial charge in [0.2, 0.25) is 0 Å². The summed E-state index contributed by atoms with van der Waals surface area (Å²) in [4.78, 5) is 4.18. The van der Waals surface area contributed by atoms with Crippen LogP contribution in [0.1, 0.15) is 23.8 Å². The maximum atomic E-state index is 4.38. The van der Waals surface area contributed by atoms with Crippen LogP contribution in [-0.2, 0) is 0 Å². The molecular weight excluding hydrogens is 258 g/mol. The quantitative estimate of drug-likeness (QED) is 0.898. The predicted octanol–water partition coefficient (Wildman–Crippen LogP) is 2.11. The third kappa shape index (κ3) is 2.59. The molecule has 0 radical (unpaired) electrons. The van der Waals surface area contributed by atoms with Crippen LogP contribution in [-0.4, -0.2) is 35.3 Å². The Balaban J connectivity index is 1.88. The van der Waals surface area contributed by atoms with Crippen LogP contribution in [0.2, 0.25) is 0 Å². The summed E-state index contributed by atoms with van der Waals surface area (Å²) in [5.74, 6) is 0.558. The summed E-state index contributed by atoms with van der Waals surface area (Å²) in [6, 6.07) is 1.96. The largest absolute Gasteiger partial charge is 0.387 e. The van der Waals surface area contributed by atoms with E-state index in [9.17, 15) is 0 Å². The molecule has 1 fully saturated rings. The van der Waals surface area contributed by atoms with Gasteiger partial charge in [0, 0.05) is 31.0 Å². The minimum Gasteiger partial charge on any atom is -0.387 e. The number of rotatable bonds is 3. The molecule has 1 saturated heterocycles. The Morgan fingerprint density at radius 1 is 1.32 bits per heavy atom. The lowest BCUT2D eigenvalue weighted by molar-refractivity contribution is 0.457. The second-order valence-electron chi connectivity index (χ2n) is 4.64. The lowest BCUT2D eigenvalue weighted by atomic mass is 9.99. The molecule has 1 aliphatic heterocycles. The number of nitrogens with one attached hydrogen (secondary N) is 2. The highest BCUT2D eigenvalue weighted by atomic mass is 32.1. The molecule has 0 amide bonds. The Morgan fingerprint density at radius 2 is 2.16 bits per heavy atom. The van der Waals surface area contributed by atoms with E-state index in [4.69, 9.17) is 0 Å². The molecule has 1 aliphatic rings.